The van der Waals surface area contributed by atoms with E-state index in [0.29, 0.717) is 12.6 Å². The fourth-order valence-corrected chi connectivity index (χ4v) is 2.75. The van der Waals surface area contributed by atoms with E-state index < -0.39 is 0 Å². The van der Waals surface area contributed by atoms with Crippen molar-refractivity contribution in [2.24, 2.45) is 0 Å². The Bertz CT molecular complexity index is 435. The molecule has 1 saturated heterocycles. The van der Waals surface area contributed by atoms with Crippen molar-refractivity contribution in [1.29, 1.82) is 0 Å². The number of likely N-dealkylation sites (N-methyl/N-ethyl adjacent to an activating group) is 1. The third-order valence-corrected chi connectivity index (χ3v) is 3.86. The Kier molecular flexibility index (Phi) is 5.91. The van der Waals surface area contributed by atoms with Gasteiger partial charge in [0.25, 0.3) is 0 Å². The third-order valence-electron chi connectivity index (χ3n) is 3.86. The first-order valence-electron chi connectivity index (χ1n) is 7.43. The molecule has 0 amide bonds. The maximum absolute atomic E-state index is 5.36. The summed E-state index contributed by atoms with van der Waals surface area (Å²) in [6.45, 7) is 6.96. The van der Waals surface area contributed by atoms with Gasteiger partial charge < -0.3 is 10.1 Å². The Morgan fingerprint density at radius 2 is 2.20 bits per heavy atom. The lowest BCUT2D eigenvalue weighted by Crippen LogP contribution is -2.37. The summed E-state index contributed by atoms with van der Waals surface area (Å²) < 4.78 is 5.36. The first-order chi connectivity index (χ1) is 9.83. The van der Waals surface area contributed by atoms with Crippen LogP contribution in [0.15, 0.2) is 24.3 Å². The number of nitrogens with zero attached hydrogens (tertiary/aromatic N) is 1. The fraction of sp³-hybridized carbons (Fsp3) is 0.529. The maximum Gasteiger partial charge on any atom is 0.148 e. The highest BCUT2D eigenvalue weighted by molar-refractivity contribution is 5.27. The van der Waals surface area contributed by atoms with Crippen LogP contribution in [-0.2, 0) is 6.54 Å². The average Bonchev–Trinajstić information content (AvgIpc) is 2.94. The van der Waals surface area contributed by atoms with Crippen LogP contribution in [0, 0.1) is 12.3 Å². The van der Waals surface area contributed by atoms with Crippen LogP contribution in [-0.4, -0.2) is 37.2 Å². The highest BCUT2D eigenvalue weighted by Gasteiger charge is 2.21. The molecule has 0 bridgehead atoms. The van der Waals surface area contributed by atoms with Gasteiger partial charge in [-0.15, -0.1) is 6.42 Å². The number of terminal acetylenes is 1. The van der Waals surface area contributed by atoms with E-state index in [1.165, 1.54) is 24.9 Å². The second-order valence-corrected chi connectivity index (χ2v) is 5.19. The van der Waals surface area contributed by atoms with Gasteiger partial charge in [0, 0.05) is 19.1 Å². The molecule has 1 fully saturated rings. The quantitative estimate of drug-likeness (QED) is 0.771. The van der Waals surface area contributed by atoms with E-state index in [1.807, 2.05) is 12.1 Å². The summed E-state index contributed by atoms with van der Waals surface area (Å²) in [4.78, 5) is 2.56. The minimum Gasteiger partial charge on any atom is -0.481 e. The van der Waals surface area contributed by atoms with E-state index in [2.05, 4.69) is 35.2 Å². The van der Waals surface area contributed by atoms with Crippen molar-refractivity contribution < 1.29 is 4.74 Å². The molecule has 108 valence electrons. The standard InChI is InChI=1S/C17H24N2O/c1-3-12-20-17-9-7-15(8-10-17)13-18-14-16-6-5-11-19(16)4-2/h1,7-10,16,18H,4-6,11-14H2,2H3. The van der Waals surface area contributed by atoms with E-state index in [9.17, 15) is 0 Å². The lowest BCUT2D eigenvalue weighted by Gasteiger charge is -2.23. The molecule has 0 saturated carbocycles. The van der Waals surface area contributed by atoms with Gasteiger partial charge in [-0.25, -0.2) is 0 Å². The highest BCUT2D eigenvalue weighted by Crippen LogP contribution is 2.16. The SMILES string of the molecule is C#CCOc1ccc(CNCC2CCCN2CC)cc1. The van der Waals surface area contributed by atoms with Crippen LogP contribution in [0.25, 0.3) is 0 Å². The van der Waals surface area contributed by atoms with Crippen molar-refractivity contribution in [1.82, 2.24) is 10.2 Å². The minimum absolute atomic E-state index is 0.326. The monoisotopic (exact) mass is 272 g/mol. The lowest BCUT2D eigenvalue weighted by atomic mass is 10.2. The van der Waals surface area contributed by atoms with Crippen molar-refractivity contribution >= 4 is 0 Å². The summed E-state index contributed by atoms with van der Waals surface area (Å²) in [7, 11) is 0. The molecule has 20 heavy (non-hydrogen) atoms. The van der Waals surface area contributed by atoms with Crippen LogP contribution in [0.5, 0.6) is 5.75 Å². The van der Waals surface area contributed by atoms with Gasteiger partial charge in [0.1, 0.15) is 12.4 Å². The summed E-state index contributed by atoms with van der Waals surface area (Å²) in [5.41, 5.74) is 1.28. The summed E-state index contributed by atoms with van der Waals surface area (Å²) in [5.74, 6) is 3.30. The molecule has 1 heterocycles. The summed E-state index contributed by atoms with van der Waals surface area (Å²) in [5, 5.41) is 3.56. The van der Waals surface area contributed by atoms with Crippen LogP contribution in [0.1, 0.15) is 25.3 Å². The molecule has 3 nitrogen and oxygen atoms in total. The molecule has 2 rings (SSSR count). The van der Waals surface area contributed by atoms with Crippen molar-refractivity contribution in [3.8, 4) is 18.1 Å². The molecular formula is C17H24N2O. The van der Waals surface area contributed by atoms with E-state index in [-0.39, 0.29) is 0 Å². The van der Waals surface area contributed by atoms with Crippen molar-refractivity contribution in [3.63, 3.8) is 0 Å². The molecule has 1 N–H and O–H groups in total. The van der Waals surface area contributed by atoms with Gasteiger partial charge >= 0.3 is 0 Å². The molecule has 1 aliphatic rings. The van der Waals surface area contributed by atoms with Gasteiger partial charge in [0.05, 0.1) is 0 Å². The molecule has 1 aliphatic heterocycles. The summed E-state index contributed by atoms with van der Waals surface area (Å²) >= 11 is 0. The number of hydrogen-bond acceptors (Lipinski definition) is 3. The zero-order chi connectivity index (χ0) is 14.2. The van der Waals surface area contributed by atoms with Gasteiger partial charge in [0.2, 0.25) is 0 Å². The number of rotatable bonds is 7. The smallest absolute Gasteiger partial charge is 0.148 e. The average molecular weight is 272 g/mol. The Morgan fingerprint density at radius 1 is 1.40 bits per heavy atom. The predicted molar refractivity (Wildman–Crippen MR) is 82.7 cm³/mol. The molecule has 0 spiro atoms. The number of hydrogen-bond donors (Lipinski definition) is 1. The molecular weight excluding hydrogens is 248 g/mol. The van der Waals surface area contributed by atoms with Crippen LogP contribution in [0.4, 0.5) is 0 Å². The summed E-state index contributed by atoms with van der Waals surface area (Å²) in [6.07, 6.45) is 7.82. The second kappa shape index (κ2) is 7.94. The normalized spacial score (nSPS) is 18.9. The number of ether oxygens (including phenoxy) is 1. The van der Waals surface area contributed by atoms with Gasteiger partial charge in [0.15, 0.2) is 0 Å². The molecule has 3 heteroatoms. The zero-order valence-corrected chi connectivity index (χ0v) is 12.3. The Balaban J connectivity index is 1.72. The van der Waals surface area contributed by atoms with Crippen LogP contribution < -0.4 is 10.1 Å². The van der Waals surface area contributed by atoms with Crippen molar-refractivity contribution in [2.75, 3.05) is 26.2 Å². The van der Waals surface area contributed by atoms with Crippen LogP contribution >= 0.6 is 0 Å². The van der Waals surface area contributed by atoms with Crippen LogP contribution in [0.3, 0.4) is 0 Å². The molecule has 1 atom stereocenters. The van der Waals surface area contributed by atoms with E-state index >= 15 is 0 Å². The first-order valence-corrected chi connectivity index (χ1v) is 7.43. The predicted octanol–water partition coefficient (Wildman–Crippen LogP) is 2.27. The maximum atomic E-state index is 5.36. The van der Waals surface area contributed by atoms with E-state index in [0.717, 1.165) is 25.4 Å². The van der Waals surface area contributed by atoms with E-state index in [1.54, 1.807) is 0 Å². The fourth-order valence-electron chi connectivity index (χ4n) is 2.75. The minimum atomic E-state index is 0.326. The molecule has 0 aromatic heterocycles. The highest BCUT2D eigenvalue weighted by atomic mass is 16.5. The molecule has 1 aromatic carbocycles. The van der Waals surface area contributed by atoms with Crippen molar-refractivity contribution in [3.05, 3.63) is 29.8 Å². The first kappa shape index (κ1) is 14.9. The number of nitrogens with one attached hydrogen (secondary N) is 1. The van der Waals surface area contributed by atoms with Gasteiger partial charge in [-0.1, -0.05) is 25.0 Å². The Hall–Kier alpha value is -1.50. The number of likely N-dealkylation sites (tertiary alicyclic amines) is 1. The van der Waals surface area contributed by atoms with Gasteiger partial charge in [-0.3, -0.25) is 4.90 Å². The second-order valence-electron chi connectivity index (χ2n) is 5.19. The topological polar surface area (TPSA) is 24.5 Å². The zero-order valence-electron chi connectivity index (χ0n) is 12.3. The lowest BCUT2D eigenvalue weighted by molar-refractivity contribution is 0.260. The Morgan fingerprint density at radius 3 is 2.90 bits per heavy atom. The molecule has 1 unspecified atom stereocenters. The summed E-state index contributed by atoms with van der Waals surface area (Å²) in [6, 6.07) is 8.83. The molecule has 0 radical (unpaired) electrons. The third kappa shape index (κ3) is 4.26. The van der Waals surface area contributed by atoms with Crippen molar-refractivity contribution in [2.45, 2.75) is 32.4 Å². The molecule has 1 aromatic rings. The molecule has 0 aliphatic carbocycles. The number of benzene rings is 1. The van der Waals surface area contributed by atoms with Crippen LogP contribution in [0.2, 0.25) is 0 Å². The van der Waals surface area contributed by atoms with E-state index in [4.69, 9.17) is 11.2 Å². The van der Waals surface area contributed by atoms with Gasteiger partial charge in [-0.2, -0.15) is 0 Å². The van der Waals surface area contributed by atoms with Gasteiger partial charge in [-0.05, 0) is 43.6 Å². The Labute approximate surface area is 122 Å². The largest absolute Gasteiger partial charge is 0.481 e.